The van der Waals surface area contributed by atoms with Gasteiger partial charge in [-0.05, 0) is 18.1 Å². The van der Waals surface area contributed by atoms with Crippen LogP contribution in [0.4, 0.5) is 0 Å². The van der Waals surface area contributed by atoms with Crippen molar-refractivity contribution in [3.05, 3.63) is 71.8 Å². The SMILES string of the molecule is C[C@@H](NC(=O)CCC(=O)N[C@H](CC(=O)OCc1ccccc1)C(N)=O)c1ccccc1. The van der Waals surface area contributed by atoms with E-state index in [0.29, 0.717) is 0 Å². The quantitative estimate of drug-likeness (QED) is 0.473. The summed E-state index contributed by atoms with van der Waals surface area (Å²) < 4.78 is 5.11. The summed E-state index contributed by atoms with van der Waals surface area (Å²) in [5, 5.41) is 5.20. The van der Waals surface area contributed by atoms with Gasteiger partial charge in [-0.15, -0.1) is 0 Å². The molecular formula is C23H27N3O5. The molecule has 8 heteroatoms. The summed E-state index contributed by atoms with van der Waals surface area (Å²) in [4.78, 5) is 47.8. The molecule has 0 saturated heterocycles. The van der Waals surface area contributed by atoms with E-state index in [1.807, 2.05) is 55.5 Å². The molecule has 8 nitrogen and oxygen atoms in total. The average molecular weight is 425 g/mol. The van der Waals surface area contributed by atoms with Crippen LogP contribution >= 0.6 is 0 Å². The van der Waals surface area contributed by atoms with Crippen molar-refractivity contribution in [2.75, 3.05) is 0 Å². The summed E-state index contributed by atoms with van der Waals surface area (Å²) in [6.45, 7) is 1.90. The van der Waals surface area contributed by atoms with Crippen LogP contribution in [0.15, 0.2) is 60.7 Å². The van der Waals surface area contributed by atoms with Crippen LogP contribution in [0.1, 0.15) is 43.4 Å². The number of primary amides is 1. The van der Waals surface area contributed by atoms with Gasteiger partial charge in [-0.3, -0.25) is 19.2 Å². The third-order valence-corrected chi connectivity index (χ3v) is 4.55. The summed E-state index contributed by atoms with van der Waals surface area (Å²) >= 11 is 0. The van der Waals surface area contributed by atoms with Gasteiger partial charge in [-0.2, -0.15) is 0 Å². The Morgan fingerprint density at radius 3 is 2.00 bits per heavy atom. The predicted octanol–water partition coefficient (Wildman–Crippen LogP) is 1.75. The summed E-state index contributed by atoms with van der Waals surface area (Å²) in [7, 11) is 0. The fourth-order valence-electron chi connectivity index (χ4n) is 2.82. The monoisotopic (exact) mass is 425 g/mol. The standard InChI is InChI=1S/C23H27N3O5/c1-16(18-10-6-3-7-11-18)25-20(27)12-13-21(28)26-19(23(24)30)14-22(29)31-15-17-8-4-2-5-9-17/h2-11,16,19H,12-15H2,1H3,(H2,24,30)(H,25,27)(H,26,28)/t16-,19-/m1/s1. The maximum absolute atomic E-state index is 12.1. The molecule has 0 aliphatic rings. The lowest BCUT2D eigenvalue weighted by Crippen LogP contribution is -2.46. The van der Waals surface area contributed by atoms with Gasteiger partial charge in [0.05, 0.1) is 12.5 Å². The molecular weight excluding hydrogens is 398 g/mol. The Labute approximate surface area is 181 Å². The van der Waals surface area contributed by atoms with Crippen molar-refractivity contribution < 1.29 is 23.9 Å². The van der Waals surface area contributed by atoms with E-state index in [0.717, 1.165) is 11.1 Å². The summed E-state index contributed by atoms with van der Waals surface area (Å²) in [5.41, 5.74) is 7.03. The van der Waals surface area contributed by atoms with Gasteiger partial charge in [-0.1, -0.05) is 60.7 Å². The predicted molar refractivity (Wildman–Crippen MR) is 114 cm³/mol. The van der Waals surface area contributed by atoms with Gasteiger partial charge < -0.3 is 21.1 Å². The minimum absolute atomic E-state index is 0.0544. The number of ether oxygens (including phenoxy) is 1. The van der Waals surface area contributed by atoms with Crippen LogP contribution in [0.3, 0.4) is 0 Å². The lowest BCUT2D eigenvalue weighted by Gasteiger charge is -2.16. The second-order valence-corrected chi connectivity index (χ2v) is 7.07. The highest BCUT2D eigenvalue weighted by atomic mass is 16.5. The Morgan fingerprint density at radius 1 is 0.871 bits per heavy atom. The van der Waals surface area contributed by atoms with Crippen molar-refractivity contribution in [3.8, 4) is 0 Å². The molecule has 164 valence electrons. The molecule has 0 radical (unpaired) electrons. The number of rotatable bonds is 11. The Morgan fingerprint density at radius 2 is 1.42 bits per heavy atom. The van der Waals surface area contributed by atoms with Gasteiger partial charge in [0.2, 0.25) is 17.7 Å². The molecule has 2 rings (SSSR count). The van der Waals surface area contributed by atoms with Gasteiger partial charge in [0.15, 0.2) is 0 Å². The lowest BCUT2D eigenvalue weighted by atomic mass is 10.1. The van der Waals surface area contributed by atoms with E-state index >= 15 is 0 Å². The van der Waals surface area contributed by atoms with Crippen molar-refractivity contribution in [1.82, 2.24) is 10.6 Å². The molecule has 2 aromatic carbocycles. The Hall–Kier alpha value is -3.68. The molecule has 0 aliphatic carbocycles. The average Bonchev–Trinajstić information content (AvgIpc) is 2.77. The lowest BCUT2D eigenvalue weighted by molar-refractivity contribution is -0.147. The molecule has 3 amide bonds. The molecule has 4 N–H and O–H groups in total. The van der Waals surface area contributed by atoms with Gasteiger partial charge in [0.1, 0.15) is 12.6 Å². The van der Waals surface area contributed by atoms with Crippen molar-refractivity contribution in [1.29, 1.82) is 0 Å². The summed E-state index contributed by atoms with van der Waals surface area (Å²) in [6, 6.07) is 17.1. The number of benzene rings is 2. The van der Waals surface area contributed by atoms with Gasteiger partial charge in [0.25, 0.3) is 0 Å². The van der Waals surface area contributed by atoms with Gasteiger partial charge in [-0.25, -0.2) is 0 Å². The number of amides is 3. The van der Waals surface area contributed by atoms with Crippen molar-refractivity contribution >= 4 is 23.7 Å². The molecule has 0 saturated carbocycles. The Balaban J connectivity index is 1.75. The zero-order valence-corrected chi connectivity index (χ0v) is 17.4. The molecule has 0 aromatic heterocycles. The van der Waals surface area contributed by atoms with Crippen LogP contribution in [-0.4, -0.2) is 29.7 Å². The molecule has 0 aliphatic heterocycles. The second-order valence-electron chi connectivity index (χ2n) is 7.07. The number of esters is 1. The zero-order chi connectivity index (χ0) is 22.6. The highest BCUT2D eigenvalue weighted by Gasteiger charge is 2.23. The number of carbonyl (C=O) groups excluding carboxylic acids is 4. The van der Waals surface area contributed by atoms with E-state index in [4.69, 9.17) is 10.5 Å². The van der Waals surface area contributed by atoms with E-state index in [1.165, 1.54) is 0 Å². The van der Waals surface area contributed by atoms with Crippen molar-refractivity contribution in [2.45, 2.75) is 44.9 Å². The van der Waals surface area contributed by atoms with E-state index in [9.17, 15) is 19.2 Å². The van der Waals surface area contributed by atoms with Gasteiger partial charge >= 0.3 is 5.97 Å². The first-order chi connectivity index (χ1) is 14.8. The van der Waals surface area contributed by atoms with Crippen molar-refractivity contribution in [2.24, 2.45) is 5.73 Å². The van der Waals surface area contributed by atoms with Gasteiger partial charge in [0, 0.05) is 12.8 Å². The molecule has 0 heterocycles. The van der Waals surface area contributed by atoms with E-state index < -0.39 is 23.8 Å². The van der Waals surface area contributed by atoms with Crippen LogP contribution in [-0.2, 0) is 30.5 Å². The first-order valence-electron chi connectivity index (χ1n) is 9.97. The Kier molecular flexibility index (Phi) is 9.22. The molecule has 0 unspecified atom stereocenters. The minimum atomic E-state index is -1.21. The largest absolute Gasteiger partial charge is 0.461 e. The molecule has 0 bridgehead atoms. The van der Waals surface area contributed by atoms with Crippen LogP contribution in [0.25, 0.3) is 0 Å². The molecule has 0 fully saturated rings. The molecule has 31 heavy (non-hydrogen) atoms. The zero-order valence-electron chi connectivity index (χ0n) is 17.4. The van der Waals surface area contributed by atoms with Crippen LogP contribution in [0.5, 0.6) is 0 Å². The number of carbonyl (C=O) groups is 4. The summed E-state index contributed by atoms with van der Waals surface area (Å²) in [5.74, 6) is -2.37. The first kappa shape index (κ1) is 23.6. The topological polar surface area (TPSA) is 128 Å². The van der Waals surface area contributed by atoms with Crippen LogP contribution in [0, 0.1) is 0 Å². The fraction of sp³-hybridized carbons (Fsp3) is 0.304. The second kappa shape index (κ2) is 12.1. The third kappa shape index (κ3) is 8.69. The first-order valence-corrected chi connectivity index (χ1v) is 9.97. The van der Waals surface area contributed by atoms with E-state index in [2.05, 4.69) is 10.6 Å². The highest BCUT2D eigenvalue weighted by Crippen LogP contribution is 2.11. The number of nitrogens with two attached hydrogens (primary N) is 1. The fourth-order valence-corrected chi connectivity index (χ4v) is 2.82. The van der Waals surface area contributed by atoms with E-state index in [1.54, 1.807) is 12.1 Å². The maximum atomic E-state index is 12.1. The smallest absolute Gasteiger partial charge is 0.308 e. The molecule has 2 aromatic rings. The summed E-state index contributed by atoms with van der Waals surface area (Å²) in [6.07, 6.45) is -0.589. The molecule has 2 atom stereocenters. The Bertz CT molecular complexity index is 887. The number of nitrogens with one attached hydrogen (secondary N) is 2. The van der Waals surface area contributed by atoms with Crippen LogP contribution in [0.2, 0.25) is 0 Å². The third-order valence-electron chi connectivity index (χ3n) is 4.55. The number of hydrogen-bond acceptors (Lipinski definition) is 5. The normalized spacial score (nSPS) is 12.3. The number of hydrogen-bond donors (Lipinski definition) is 3. The van der Waals surface area contributed by atoms with E-state index in [-0.39, 0.29) is 37.8 Å². The maximum Gasteiger partial charge on any atom is 0.308 e. The van der Waals surface area contributed by atoms with Crippen molar-refractivity contribution in [3.63, 3.8) is 0 Å². The molecule has 0 spiro atoms. The minimum Gasteiger partial charge on any atom is -0.461 e. The van der Waals surface area contributed by atoms with Crippen LogP contribution < -0.4 is 16.4 Å². The highest BCUT2D eigenvalue weighted by molar-refractivity contribution is 5.91.